The van der Waals surface area contributed by atoms with Crippen molar-refractivity contribution in [3.8, 4) is 11.1 Å². The molecular formula is C18H22N6O3. The number of nitrogens with one attached hydrogen (secondary N) is 2. The third-order valence-electron chi connectivity index (χ3n) is 4.15. The molecule has 4 N–H and O–H groups in total. The summed E-state index contributed by atoms with van der Waals surface area (Å²) in [5, 5.41) is 9.09. The van der Waals surface area contributed by atoms with Crippen LogP contribution in [0.15, 0.2) is 30.6 Å². The SMILES string of the molecule is Cc1ccc(COC(=O)NC(=N)N)cc1-c1cnc(N2CCOCC2)nc1. The minimum absolute atomic E-state index is 0.0686. The molecule has 0 bridgehead atoms. The Morgan fingerprint density at radius 2 is 2.04 bits per heavy atom. The van der Waals surface area contributed by atoms with Gasteiger partial charge in [0.15, 0.2) is 5.96 Å². The Labute approximate surface area is 157 Å². The molecule has 142 valence electrons. The monoisotopic (exact) mass is 370 g/mol. The number of carbonyl (C=O) groups is 1. The number of morpholine rings is 1. The van der Waals surface area contributed by atoms with E-state index in [9.17, 15) is 4.79 Å². The van der Waals surface area contributed by atoms with Gasteiger partial charge in [-0.3, -0.25) is 10.7 Å². The number of nitrogens with two attached hydrogens (primary N) is 1. The van der Waals surface area contributed by atoms with Gasteiger partial charge in [0.05, 0.1) is 13.2 Å². The van der Waals surface area contributed by atoms with Gasteiger partial charge < -0.3 is 20.1 Å². The Hall–Kier alpha value is -3.20. The molecule has 0 unspecified atom stereocenters. The molecule has 0 saturated carbocycles. The number of amides is 1. The maximum absolute atomic E-state index is 11.4. The van der Waals surface area contributed by atoms with E-state index in [-0.39, 0.29) is 6.61 Å². The fourth-order valence-electron chi connectivity index (χ4n) is 2.75. The summed E-state index contributed by atoms with van der Waals surface area (Å²) in [5.41, 5.74) is 8.83. The van der Waals surface area contributed by atoms with E-state index in [1.54, 1.807) is 12.4 Å². The predicted octanol–water partition coefficient (Wildman–Crippen LogP) is 1.41. The number of aryl methyl sites for hydroxylation is 1. The molecule has 9 nitrogen and oxygen atoms in total. The van der Waals surface area contributed by atoms with Gasteiger partial charge in [-0.1, -0.05) is 12.1 Å². The van der Waals surface area contributed by atoms with Gasteiger partial charge in [-0.25, -0.2) is 14.8 Å². The lowest BCUT2D eigenvalue weighted by Crippen LogP contribution is -2.37. The van der Waals surface area contributed by atoms with Crippen molar-refractivity contribution in [2.24, 2.45) is 5.73 Å². The smallest absolute Gasteiger partial charge is 0.414 e. The van der Waals surface area contributed by atoms with E-state index < -0.39 is 12.1 Å². The number of benzene rings is 1. The average molecular weight is 370 g/mol. The zero-order chi connectivity index (χ0) is 19.2. The van der Waals surface area contributed by atoms with Crippen molar-refractivity contribution >= 4 is 18.0 Å². The molecule has 0 atom stereocenters. The second kappa shape index (κ2) is 8.45. The highest BCUT2D eigenvalue weighted by Gasteiger charge is 2.14. The minimum Gasteiger partial charge on any atom is -0.444 e. The zero-order valence-corrected chi connectivity index (χ0v) is 15.1. The summed E-state index contributed by atoms with van der Waals surface area (Å²) in [7, 11) is 0. The molecule has 0 radical (unpaired) electrons. The van der Waals surface area contributed by atoms with Gasteiger partial charge >= 0.3 is 6.09 Å². The van der Waals surface area contributed by atoms with Crippen molar-refractivity contribution in [3.05, 3.63) is 41.7 Å². The Balaban J connectivity index is 1.71. The summed E-state index contributed by atoms with van der Waals surface area (Å²) in [6.45, 7) is 5.01. The summed E-state index contributed by atoms with van der Waals surface area (Å²) in [4.78, 5) is 22.5. The van der Waals surface area contributed by atoms with Crippen LogP contribution in [0.1, 0.15) is 11.1 Å². The highest BCUT2D eigenvalue weighted by atomic mass is 16.5. The molecule has 9 heteroatoms. The number of aromatic nitrogens is 2. The molecule has 2 aromatic rings. The van der Waals surface area contributed by atoms with Gasteiger partial charge in [0, 0.05) is 31.0 Å². The standard InChI is InChI=1S/C18H22N6O3/c1-12-2-3-13(11-27-18(25)23-16(19)20)8-15(12)14-9-21-17(22-10-14)24-4-6-26-7-5-24/h2-3,8-10H,4-7,11H2,1H3,(H4,19,20,23,25). The van der Waals surface area contributed by atoms with Crippen LogP contribution in [0.3, 0.4) is 0 Å². The molecule has 2 heterocycles. The minimum atomic E-state index is -0.761. The first-order chi connectivity index (χ1) is 13.0. The fraction of sp³-hybridized carbons (Fsp3) is 0.333. The first kappa shape index (κ1) is 18.6. The molecule has 0 spiro atoms. The molecule has 1 aromatic carbocycles. The lowest BCUT2D eigenvalue weighted by Gasteiger charge is -2.26. The van der Waals surface area contributed by atoms with E-state index in [2.05, 4.69) is 20.2 Å². The number of rotatable bonds is 4. The van der Waals surface area contributed by atoms with Crippen molar-refractivity contribution in [1.82, 2.24) is 15.3 Å². The number of ether oxygens (including phenoxy) is 2. The quantitative estimate of drug-likeness (QED) is 0.548. The summed E-state index contributed by atoms with van der Waals surface area (Å²) in [6.07, 6.45) is 2.84. The van der Waals surface area contributed by atoms with E-state index in [4.69, 9.17) is 20.6 Å². The van der Waals surface area contributed by atoms with Gasteiger partial charge in [0.2, 0.25) is 5.95 Å². The van der Waals surface area contributed by atoms with Crippen molar-refractivity contribution in [3.63, 3.8) is 0 Å². The van der Waals surface area contributed by atoms with Crippen molar-refractivity contribution < 1.29 is 14.3 Å². The Morgan fingerprint density at radius 1 is 1.33 bits per heavy atom. The zero-order valence-electron chi connectivity index (χ0n) is 15.1. The molecule has 1 aliphatic heterocycles. The number of hydrogen-bond donors (Lipinski definition) is 3. The number of carbonyl (C=O) groups excluding carboxylic acids is 1. The largest absolute Gasteiger partial charge is 0.444 e. The summed E-state index contributed by atoms with van der Waals surface area (Å²) in [6, 6.07) is 5.76. The molecule has 0 aliphatic carbocycles. The van der Waals surface area contributed by atoms with E-state index >= 15 is 0 Å². The predicted molar refractivity (Wildman–Crippen MR) is 100 cm³/mol. The van der Waals surface area contributed by atoms with Crippen molar-refractivity contribution in [1.29, 1.82) is 5.41 Å². The Morgan fingerprint density at radius 3 is 2.70 bits per heavy atom. The maximum atomic E-state index is 11.4. The topological polar surface area (TPSA) is 126 Å². The van der Waals surface area contributed by atoms with Crippen LogP contribution in [-0.2, 0) is 16.1 Å². The van der Waals surface area contributed by atoms with Gasteiger partial charge in [-0.2, -0.15) is 0 Å². The third-order valence-corrected chi connectivity index (χ3v) is 4.15. The molecule has 3 rings (SSSR count). The van der Waals surface area contributed by atoms with Crippen molar-refractivity contribution in [2.75, 3.05) is 31.2 Å². The van der Waals surface area contributed by atoms with E-state index in [0.29, 0.717) is 19.2 Å². The summed E-state index contributed by atoms with van der Waals surface area (Å²) >= 11 is 0. The van der Waals surface area contributed by atoms with Gasteiger partial charge in [-0.15, -0.1) is 0 Å². The molecule has 1 aromatic heterocycles. The number of alkyl carbamates (subject to hydrolysis) is 1. The second-order valence-electron chi connectivity index (χ2n) is 6.14. The lowest BCUT2D eigenvalue weighted by molar-refractivity contribution is 0.122. The van der Waals surface area contributed by atoms with Crippen LogP contribution in [0.4, 0.5) is 10.7 Å². The van der Waals surface area contributed by atoms with Crippen LogP contribution in [0.2, 0.25) is 0 Å². The number of guanidine groups is 1. The summed E-state index contributed by atoms with van der Waals surface area (Å²) in [5.74, 6) is 0.238. The van der Waals surface area contributed by atoms with E-state index in [1.807, 2.05) is 25.1 Å². The van der Waals surface area contributed by atoms with Gasteiger partial charge in [0.25, 0.3) is 0 Å². The lowest BCUT2D eigenvalue weighted by atomic mass is 10.0. The fourth-order valence-corrected chi connectivity index (χ4v) is 2.75. The molecular weight excluding hydrogens is 348 g/mol. The van der Waals surface area contributed by atoms with Crippen LogP contribution >= 0.6 is 0 Å². The number of hydrogen-bond acceptors (Lipinski definition) is 7. The highest BCUT2D eigenvalue weighted by molar-refractivity contribution is 5.90. The highest BCUT2D eigenvalue weighted by Crippen LogP contribution is 2.25. The van der Waals surface area contributed by atoms with Crippen LogP contribution in [0, 0.1) is 12.3 Å². The Bertz CT molecular complexity index is 818. The second-order valence-corrected chi connectivity index (χ2v) is 6.14. The molecule has 1 amide bonds. The molecule has 1 aliphatic rings. The van der Waals surface area contributed by atoms with Gasteiger partial charge in [-0.05, 0) is 29.7 Å². The first-order valence-electron chi connectivity index (χ1n) is 8.55. The number of nitrogens with zero attached hydrogens (tertiary/aromatic N) is 3. The molecule has 27 heavy (non-hydrogen) atoms. The van der Waals surface area contributed by atoms with Crippen LogP contribution in [-0.4, -0.2) is 48.3 Å². The van der Waals surface area contributed by atoms with Crippen LogP contribution in [0.25, 0.3) is 11.1 Å². The van der Waals surface area contributed by atoms with Crippen LogP contribution < -0.4 is 16.0 Å². The molecule has 1 fully saturated rings. The normalized spacial score (nSPS) is 13.9. The number of anilines is 1. The van der Waals surface area contributed by atoms with Gasteiger partial charge in [0.1, 0.15) is 6.61 Å². The van der Waals surface area contributed by atoms with Crippen LogP contribution in [0.5, 0.6) is 0 Å². The maximum Gasteiger partial charge on any atom is 0.414 e. The average Bonchev–Trinajstić information content (AvgIpc) is 2.68. The van der Waals surface area contributed by atoms with E-state index in [0.717, 1.165) is 35.3 Å². The molecule has 1 saturated heterocycles. The third kappa shape index (κ3) is 4.91. The first-order valence-corrected chi connectivity index (χ1v) is 8.55. The Kier molecular flexibility index (Phi) is 5.82. The van der Waals surface area contributed by atoms with E-state index in [1.165, 1.54) is 0 Å². The summed E-state index contributed by atoms with van der Waals surface area (Å²) < 4.78 is 10.4. The van der Waals surface area contributed by atoms with Crippen molar-refractivity contribution in [2.45, 2.75) is 13.5 Å².